The Kier molecular flexibility index (Phi) is 6.12. The zero-order valence-corrected chi connectivity index (χ0v) is 15.8. The number of amides is 1. The number of rotatable bonds is 6. The van der Waals surface area contributed by atoms with Crippen molar-refractivity contribution in [3.8, 4) is 5.75 Å². The number of carbonyl (C=O) groups is 1. The largest absolute Gasteiger partial charge is 0.496 e. The summed E-state index contributed by atoms with van der Waals surface area (Å²) in [6, 6.07) is 12.1. The van der Waals surface area contributed by atoms with Crippen LogP contribution >= 0.6 is 0 Å². The van der Waals surface area contributed by atoms with E-state index in [0.29, 0.717) is 29.8 Å². The van der Waals surface area contributed by atoms with E-state index in [1.165, 1.54) is 0 Å². The summed E-state index contributed by atoms with van der Waals surface area (Å²) >= 11 is 0. The molecule has 3 rings (SSSR count). The van der Waals surface area contributed by atoms with Crippen LogP contribution in [0.3, 0.4) is 0 Å². The number of benzene rings is 2. The summed E-state index contributed by atoms with van der Waals surface area (Å²) in [4.78, 5) is 15.3. The van der Waals surface area contributed by atoms with E-state index < -0.39 is 0 Å². The van der Waals surface area contributed by atoms with Gasteiger partial charge in [-0.05, 0) is 28.8 Å². The molecule has 1 aliphatic heterocycles. The van der Waals surface area contributed by atoms with Crippen molar-refractivity contribution in [2.24, 2.45) is 5.92 Å². The lowest BCUT2D eigenvalue weighted by atomic mass is 10.0. The highest BCUT2D eigenvalue weighted by atomic mass is 16.5. The zero-order chi connectivity index (χ0) is 18.5. The van der Waals surface area contributed by atoms with Crippen LogP contribution < -0.4 is 10.1 Å². The van der Waals surface area contributed by atoms with Crippen LogP contribution in [0.25, 0.3) is 10.8 Å². The Morgan fingerprint density at radius 2 is 1.85 bits per heavy atom. The summed E-state index contributed by atoms with van der Waals surface area (Å²) < 4.78 is 10.9. The van der Waals surface area contributed by atoms with Crippen LogP contribution in [0, 0.1) is 5.92 Å². The van der Waals surface area contributed by atoms with Crippen LogP contribution in [0.2, 0.25) is 0 Å². The number of methoxy groups -OCH3 is 1. The Hall–Kier alpha value is -2.11. The Bertz CT molecular complexity index is 754. The maximum absolute atomic E-state index is 12.8. The predicted molar refractivity (Wildman–Crippen MR) is 104 cm³/mol. The van der Waals surface area contributed by atoms with E-state index in [9.17, 15) is 4.79 Å². The fourth-order valence-electron chi connectivity index (χ4n) is 3.55. The highest BCUT2D eigenvalue weighted by Crippen LogP contribution is 2.26. The van der Waals surface area contributed by atoms with E-state index in [1.807, 2.05) is 36.4 Å². The molecule has 1 N–H and O–H groups in total. The predicted octanol–water partition coefficient (Wildman–Crippen LogP) is 2.94. The monoisotopic (exact) mass is 356 g/mol. The molecule has 1 amide bonds. The second kappa shape index (κ2) is 8.52. The average Bonchev–Trinajstić information content (AvgIpc) is 2.67. The van der Waals surface area contributed by atoms with Gasteiger partial charge in [0.15, 0.2) is 0 Å². The molecule has 1 fully saturated rings. The molecule has 0 aromatic heterocycles. The van der Waals surface area contributed by atoms with Crippen LogP contribution in [0.4, 0.5) is 0 Å². The van der Waals surface area contributed by atoms with Crippen molar-refractivity contribution < 1.29 is 14.3 Å². The van der Waals surface area contributed by atoms with Crippen molar-refractivity contribution in [2.75, 3.05) is 40.0 Å². The molecule has 0 aliphatic carbocycles. The zero-order valence-electron chi connectivity index (χ0n) is 15.8. The third-order valence-electron chi connectivity index (χ3n) is 5.07. The number of nitrogens with one attached hydrogen (secondary N) is 1. The lowest BCUT2D eigenvalue weighted by molar-refractivity contribution is 0.00672. The van der Waals surface area contributed by atoms with Gasteiger partial charge in [0.1, 0.15) is 5.75 Å². The van der Waals surface area contributed by atoms with Gasteiger partial charge in [0.2, 0.25) is 0 Å². The summed E-state index contributed by atoms with van der Waals surface area (Å²) in [5.41, 5.74) is 0.579. The first kappa shape index (κ1) is 18.7. The maximum Gasteiger partial charge on any atom is 0.255 e. The Balaban J connectivity index is 1.75. The molecule has 1 unspecified atom stereocenters. The lowest BCUT2D eigenvalue weighted by Gasteiger charge is -2.37. The van der Waals surface area contributed by atoms with Gasteiger partial charge in [-0.1, -0.05) is 38.1 Å². The van der Waals surface area contributed by atoms with Gasteiger partial charge in [0.25, 0.3) is 5.91 Å². The molecule has 26 heavy (non-hydrogen) atoms. The van der Waals surface area contributed by atoms with Crippen molar-refractivity contribution in [3.63, 3.8) is 0 Å². The molecule has 0 spiro atoms. The second-order valence-electron chi connectivity index (χ2n) is 7.07. The minimum Gasteiger partial charge on any atom is -0.496 e. The summed E-state index contributed by atoms with van der Waals surface area (Å²) in [6.45, 7) is 8.36. The van der Waals surface area contributed by atoms with Gasteiger partial charge in [0, 0.05) is 25.7 Å². The van der Waals surface area contributed by atoms with Crippen LogP contribution in [-0.4, -0.2) is 56.8 Å². The molecule has 1 aliphatic rings. The van der Waals surface area contributed by atoms with E-state index in [4.69, 9.17) is 9.47 Å². The summed E-state index contributed by atoms with van der Waals surface area (Å²) in [6.07, 6.45) is 0. The molecule has 1 saturated heterocycles. The molecule has 2 aromatic carbocycles. The SMILES string of the molecule is COc1cc2ccccc2cc1C(=O)NCC(C(C)C)N1CCOCC1. The van der Waals surface area contributed by atoms with E-state index in [0.717, 1.165) is 37.1 Å². The molecule has 5 nitrogen and oxygen atoms in total. The Labute approximate surface area is 155 Å². The number of fused-ring (bicyclic) bond motifs is 1. The quantitative estimate of drug-likeness (QED) is 0.865. The van der Waals surface area contributed by atoms with Gasteiger partial charge in [-0.25, -0.2) is 0 Å². The number of morpholine rings is 1. The number of carbonyl (C=O) groups excluding carboxylic acids is 1. The van der Waals surface area contributed by atoms with Crippen LogP contribution in [0.5, 0.6) is 5.75 Å². The first-order valence-electron chi connectivity index (χ1n) is 9.27. The standard InChI is InChI=1S/C21H28N2O3/c1-15(2)19(23-8-10-26-11-9-23)14-22-21(24)18-12-16-6-4-5-7-17(16)13-20(18)25-3/h4-7,12-13,15,19H,8-11,14H2,1-3H3,(H,22,24). The molecule has 0 bridgehead atoms. The van der Waals surface area contributed by atoms with Crippen molar-refractivity contribution >= 4 is 16.7 Å². The number of hydrogen-bond acceptors (Lipinski definition) is 4. The summed E-state index contributed by atoms with van der Waals surface area (Å²) in [5, 5.41) is 5.21. The normalized spacial score (nSPS) is 16.6. The van der Waals surface area contributed by atoms with Gasteiger partial charge in [-0.2, -0.15) is 0 Å². The second-order valence-corrected chi connectivity index (χ2v) is 7.07. The van der Waals surface area contributed by atoms with Crippen LogP contribution in [0.1, 0.15) is 24.2 Å². The highest BCUT2D eigenvalue weighted by Gasteiger charge is 2.25. The lowest BCUT2D eigenvalue weighted by Crippen LogP contribution is -2.51. The van der Waals surface area contributed by atoms with E-state index in [-0.39, 0.29) is 5.91 Å². The smallest absolute Gasteiger partial charge is 0.255 e. The Morgan fingerprint density at radius 1 is 1.19 bits per heavy atom. The molecule has 2 aromatic rings. The average molecular weight is 356 g/mol. The molecule has 0 radical (unpaired) electrons. The maximum atomic E-state index is 12.8. The molecule has 5 heteroatoms. The van der Waals surface area contributed by atoms with E-state index in [2.05, 4.69) is 24.1 Å². The molecule has 1 atom stereocenters. The number of hydrogen-bond donors (Lipinski definition) is 1. The third kappa shape index (κ3) is 4.17. The molecule has 140 valence electrons. The summed E-state index contributed by atoms with van der Waals surface area (Å²) in [7, 11) is 1.60. The molecule has 1 heterocycles. The van der Waals surface area contributed by atoms with E-state index in [1.54, 1.807) is 7.11 Å². The third-order valence-corrected chi connectivity index (χ3v) is 5.07. The van der Waals surface area contributed by atoms with Crippen LogP contribution in [0.15, 0.2) is 36.4 Å². The fraction of sp³-hybridized carbons (Fsp3) is 0.476. The highest BCUT2D eigenvalue weighted by molar-refractivity contribution is 6.01. The van der Waals surface area contributed by atoms with Gasteiger partial charge in [0.05, 0.1) is 25.9 Å². The van der Waals surface area contributed by atoms with Gasteiger partial charge in [-0.3, -0.25) is 9.69 Å². The van der Waals surface area contributed by atoms with Gasteiger partial charge >= 0.3 is 0 Å². The minimum absolute atomic E-state index is 0.0912. The first-order valence-corrected chi connectivity index (χ1v) is 9.27. The van der Waals surface area contributed by atoms with Crippen LogP contribution in [-0.2, 0) is 4.74 Å². The summed E-state index contributed by atoms with van der Waals surface area (Å²) in [5.74, 6) is 0.965. The van der Waals surface area contributed by atoms with Gasteiger partial charge in [-0.15, -0.1) is 0 Å². The first-order chi connectivity index (χ1) is 12.6. The van der Waals surface area contributed by atoms with Crippen molar-refractivity contribution in [3.05, 3.63) is 42.0 Å². The van der Waals surface area contributed by atoms with E-state index >= 15 is 0 Å². The van der Waals surface area contributed by atoms with Gasteiger partial charge < -0.3 is 14.8 Å². The van der Waals surface area contributed by atoms with Crippen molar-refractivity contribution in [2.45, 2.75) is 19.9 Å². The topological polar surface area (TPSA) is 50.8 Å². The Morgan fingerprint density at radius 3 is 2.46 bits per heavy atom. The van der Waals surface area contributed by atoms with Crippen molar-refractivity contribution in [1.82, 2.24) is 10.2 Å². The van der Waals surface area contributed by atoms with Crippen molar-refractivity contribution in [1.29, 1.82) is 0 Å². The number of ether oxygens (including phenoxy) is 2. The minimum atomic E-state index is -0.0912. The fourth-order valence-corrected chi connectivity index (χ4v) is 3.55. The molecular formula is C21H28N2O3. The molecule has 0 saturated carbocycles. The molecular weight excluding hydrogens is 328 g/mol. The number of nitrogens with zero attached hydrogens (tertiary/aromatic N) is 1.